The minimum absolute atomic E-state index is 0. The number of halogens is 1. The summed E-state index contributed by atoms with van der Waals surface area (Å²) in [6.45, 7) is 2.52. The topological polar surface area (TPSA) is 29.1 Å². The molecule has 3 heteroatoms. The number of Topliss-reactive ketones (excluding diaryl/α,β-unsaturated/α-hetero) is 1. The molecule has 0 unspecified atom stereocenters. The van der Waals surface area contributed by atoms with Crippen LogP contribution < -0.4 is 5.32 Å². The van der Waals surface area contributed by atoms with Gasteiger partial charge in [0.15, 0.2) is 0 Å². The Balaban J connectivity index is 0.00000200. The lowest BCUT2D eigenvalue weighted by Gasteiger charge is -2.08. The maximum atomic E-state index is 11.1. The first-order chi connectivity index (χ1) is 9.24. The summed E-state index contributed by atoms with van der Waals surface area (Å²) in [5.41, 5.74) is 3.47. The molecule has 0 aliphatic rings. The van der Waals surface area contributed by atoms with Crippen molar-refractivity contribution in [1.82, 2.24) is 0 Å². The first-order valence-corrected chi connectivity index (χ1v) is 6.60. The van der Waals surface area contributed by atoms with E-state index in [4.69, 9.17) is 0 Å². The molecule has 0 atom stereocenters. The van der Waals surface area contributed by atoms with Crippen LogP contribution >= 0.6 is 12.4 Å². The largest absolute Gasteiger partial charge is 0.385 e. The van der Waals surface area contributed by atoms with Crippen molar-refractivity contribution in [3.05, 3.63) is 65.7 Å². The van der Waals surface area contributed by atoms with Crippen LogP contribution in [-0.2, 0) is 17.6 Å². The molecule has 0 aromatic heterocycles. The third-order valence-corrected chi connectivity index (χ3v) is 2.97. The maximum absolute atomic E-state index is 11.1. The van der Waals surface area contributed by atoms with Gasteiger partial charge in [-0.15, -0.1) is 12.4 Å². The molecule has 0 heterocycles. The van der Waals surface area contributed by atoms with E-state index in [0.717, 1.165) is 24.2 Å². The van der Waals surface area contributed by atoms with Crippen LogP contribution in [0.3, 0.4) is 0 Å². The first-order valence-electron chi connectivity index (χ1n) is 6.60. The van der Waals surface area contributed by atoms with Gasteiger partial charge >= 0.3 is 0 Å². The fraction of sp³-hybridized carbons (Fsp3) is 0.235. The monoisotopic (exact) mass is 289 g/mol. The van der Waals surface area contributed by atoms with Crippen LogP contribution in [0.1, 0.15) is 18.1 Å². The van der Waals surface area contributed by atoms with Gasteiger partial charge in [0.05, 0.1) is 0 Å². The van der Waals surface area contributed by atoms with Crippen molar-refractivity contribution in [2.24, 2.45) is 0 Å². The second kappa shape index (κ2) is 8.39. The molecule has 2 rings (SSSR count). The predicted octanol–water partition coefficient (Wildman–Crippen LogP) is 3.89. The van der Waals surface area contributed by atoms with Crippen molar-refractivity contribution in [2.75, 3.05) is 11.9 Å². The Bertz CT molecular complexity index is 540. The van der Waals surface area contributed by atoms with E-state index in [9.17, 15) is 4.79 Å². The zero-order valence-electron chi connectivity index (χ0n) is 11.6. The van der Waals surface area contributed by atoms with Gasteiger partial charge in [-0.3, -0.25) is 4.79 Å². The van der Waals surface area contributed by atoms with Crippen molar-refractivity contribution in [3.8, 4) is 0 Å². The van der Waals surface area contributed by atoms with E-state index in [2.05, 4.69) is 29.6 Å². The molecule has 0 spiro atoms. The Labute approximate surface area is 126 Å². The molecule has 0 aliphatic heterocycles. The summed E-state index contributed by atoms with van der Waals surface area (Å²) < 4.78 is 0. The van der Waals surface area contributed by atoms with Gasteiger partial charge in [-0.05, 0) is 36.6 Å². The number of hydrogen-bond donors (Lipinski definition) is 1. The van der Waals surface area contributed by atoms with Crippen LogP contribution in [0.25, 0.3) is 0 Å². The number of carbonyl (C=O) groups excluding carboxylic acids is 1. The molecule has 2 aromatic carbocycles. The summed E-state index contributed by atoms with van der Waals surface area (Å²) >= 11 is 0. The molecule has 2 nitrogen and oxygen atoms in total. The molecule has 0 amide bonds. The zero-order valence-corrected chi connectivity index (χ0v) is 12.5. The number of carbonyl (C=O) groups is 1. The highest BCUT2D eigenvalue weighted by atomic mass is 35.5. The average molecular weight is 290 g/mol. The van der Waals surface area contributed by atoms with E-state index >= 15 is 0 Å². The standard InChI is InChI=1S/C17H19NO.ClH/c1-14(19)12-16-8-5-9-17(13-16)18-11-10-15-6-3-2-4-7-15;/h2-9,13,18H,10-12H2,1H3;1H. The van der Waals surface area contributed by atoms with Gasteiger partial charge in [0.1, 0.15) is 5.78 Å². The van der Waals surface area contributed by atoms with Gasteiger partial charge in [-0.1, -0.05) is 42.5 Å². The fourth-order valence-corrected chi connectivity index (χ4v) is 2.07. The minimum Gasteiger partial charge on any atom is -0.385 e. The molecule has 0 bridgehead atoms. The van der Waals surface area contributed by atoms with Gasteiger partial charge in [0, 0.05) is 18.7 Å². The van der Waals surface area contributed by atoms with Crippen LogP contribution in [-0.4, -0.2) is 12.3 Å². The van der Waals surface area contributed by atoms with Crippen LogP contribution in [0.2, 0.25) is 0 Å². The fourth-order valence-electron chi connectivity index (χ4n) is 2.07. The predicted molar refractivity (Wildman–Crippen MR) is 86.7 cm³/mol. The third kappa shape index (κ3) is 5.45. The molecule has 20 heavy (non-hydrogen) atoms. The lowest BCUT2D eigenvalue weighted by molar-refractivity contribution is -0.116. The highest BCUT2D eigenvalue weighted by Gasteiger charge is 1.99. The Hall–Kier alpha value is -1.80. The molecule has 0 fully saturated rings. The zero-order chi connectivity index (χ0) is 13.5. The van der Waals surface area contributed by atoms with Gasteiger partial charge < -0.3 is 5.32 Å². The molecular formula is C17H20ClNO. The second-order valence-electron chi connectivity index (χ2n) is 4.74. The maximum Gasteiger partial charge on any atom is 0.134 e. The van der Waals surface area contributed by atoms with Crippen LogP contribution in [0.5, 0.6) is 0 Å². The van der Waals surface area contributed by atoms with Crippen molar-refractivity contribution < 1.29 is 4.79 Å². The summed E-state index contributed by atoms with van der Waals surface area (Å²) in [4.78, 5) is 11.1. The van der Waals surface area contributed by atoms with Crippen LogP contribution in [0.4, 0.5) is 5.69 Å². The van der Waals surface area contributed by atoms with Crippen molar-refractivity contribution in [3.63, 3.8) is 0 Å². The summed E-state index contributed by atoms with van der Waals surface area (Å²) in [6.07, 6.45) is 1.51. The highest BCUT2D eigenvalue weighted by Crippen LogP contribution is 2.11. The number of ketones is 1. The van der Waals surface area contributed by atoms with Crippen molar-refractivity contribution in [1.29, 1.82) is 0 Å². The Kier molecular flexibility index (Phi) is 6.82. The van der Waals surface area contributed by atoms with Crippen LogP contribution in [0, 0.1) is 0 Å². The molecular weight excluding hydrogens is 270 g/mol. The lowest BCUT2D eigenvalue weighted by Crippen LogP contribution is -2.05. The van der Waals surface area contributed by atoms with Gasteiger partial charge in [0.25, 0.3) is 0 Å². The normalized spacial score (nSPS) is 9.65. The molecule has 106 valence electrons. The minimum atomic E-state index is 0. The van der Waals surface area contributed by atoms with E-state index in [1.807, 2.05) is 30.3 Å². The summed E-state index contributed by atoms with van der Waals surface area (Å²) in [5, 5.41) is 3.40. The summed E-state index contributed by atoms with van der Waals surface area (Å²) in [5.74, 6) is 0.196. The van der Waals surface area contributed by atoms with Crippen molar-refractivity contribution in [2.45, 2.75) is 19.8 Å². The Morgan fingerprint density at radius 2 is 1.70 bits per heavy atom. The Morgan fingerprint density at radius 1 is 1.00 bits per heavy atom. The Morgan fingerprint density at radius 3 is 2.40 bits per heavy atom. The smallest absolute Gasteiger partial charge is 0.134 e. The number of benzene rings is 2. The molecule has 2 aromatic rings. The van der Waals surface area contributed by atoms with Gasteiger partial charge in [0.2, 0.25) is 0 Å². The molecule has 0 aliphatic carbocycles. The van der Waals surface area contributed by atoms with Gasteiger partial charge in [-0.2, -0.15) is 0 Å². The van der Waals surface area contributed by atoms with E-state index in [-0.39, 0.29) is 18.2 Å². The van der Waals surface area contributed by atoms with E-state index in [0.29, 0.717) is 6.42 Å². The molecule has 0 radical (unpaired) electrons. The lowest BCUT2D eigenvalue weighted by atomic mass is 10.1. The first kappa shape index (κ1) is 16.3. The van der Waals surface area contributed by atoms with Crippen LogP contribution in [0.15, 0.2) is 54.6 Å². The highest BCUT2D eigenvalue weighted by molar-refractivity contribution is 5.85. The average Bonchev–Trinajstić information content (AvgIpc) is 2.40. The third-order valence-electron chi connectivity index (χ3n) is 2.97. The van der Waals surface area contributed by atoms with Gasteiger partial charge in [-0.25, -0.2) is 0 Å². The van der Waals surface area contributed by atoms with E-state index in [1.165, 1.54) is 5.56 Å². The number of rotatable bonds is 6. The number of anilines is 1. The molecule has 0 saturated carbocycles. The number of hydrogen-bond acceptors (Lipinski definition) is 2. The van der Waals surface area contributed by atoms with Crippen molar-refractivity contribution >= 4 is 23.9 Å². The SMILES string of the molecule is CC(=O)Cc1cccc(NCCc2ccccc2)c1.Cl. The van der Waals surface area contributed by atoms with E-state index in [1.54, 1.807) is 6.92 Å². The summed E-state index contributed by atoms with van der Waals surface area (Å²) in [7, 11) is 0. The second-order valence-corrected chi connectivity index (χ2v) is 4.74. The molecule has 0 saturated heterocycles. The molecule has 1 N–H and O–H groups in total. The van der Waals surface area contributed by atoms with E-state index < -0.39 is 0 Å². The number of nitrogens with one attached hydrogen (secondary N) is 1. The summed E-state index contributed by atoms with van der Waals surface area (Å²) in [6, 6.07) is 18.5. The quantitative estimate of drug-likeness (QED) is 0.874.